The van der Waals surface area contributed by atoms with Crippen molar-refractivity contribution < 1.29 is 21.2 Å². The van der Waals surface area contributed by atoms with Crippen LogP contribution in [0.4, 0.5) is 0 Å². The molecule has 192 valence electrons. The van der Waals surface area contributed by atoms with E-state index in [9.17, 15) is 11.0 Å². The number of ketones is 1. The molecule has 0 aromatic heterocycles. The fraction of sp³-hybridized carbons (Fsp3) is 0.812. The van der Waals surface area contributed by atoms with Crippen molar-refractivity contribution in [2.45, 2.75) is 86.4 Å². The highest BCUT2D eigenvalue weighted by Gasteiger charge is 2.79. The third-order valence-electron chi connectivity index (χ3n) is 12.2. The van der Waals surface area contributed by atoms with Crippen LogP contribution in [0.15, 0.2) is 24.3 Å². The van der Waals surface area contributed by atoms with Crippen molar-refractivity contribution in [3.05, 3.63) is 24.3 Å². The van der Waals surface area contributed by atoms with Crippen molar-refractivity contribution in [3.8, 4) is 0 Å². The Morgan fingerprint density at radius 2 is 1.83 bits per heavy atom. The molecule has 6 aliphatic carbocycles. The number of allylic oxidation sites excluding steroid dienone is 4. The molecule has 0 N–H and O–H groups in total. The third-order valence-corrected chi connectivity index (χ3v) is 12.2. The van der Waals surface area contributed by atoms with Crippen LogP contribution in [0.3, 0.4) is 0 Å². The van der Waals surface area contributed by atoms with E-state index in [1.807, 2.05) is 6.92 Å². The van der Waals surface area contributed by atoms with E-state index < -0.39 is 52.6 Å². The third kappa shape index (κ3) is 2.79. The fourth-order valence-electron chi connectivity index (χ4n) is 10.1. The summed E-state index contributed by atoms with van der Waals surface area (Å²) < 4.78 is 51.3. The summed E-state index contributed by atoms with van der Waals surface area (Å²) in [5.41, 5.74) is -3.46. The summed E-state index contributed by atoms with van der Waals surface area (Å²) in [4.78, 5) is 27.1. The van der Waals surface area contributed by atoms with Gasteiger partial charge in [0.2, 0.25) is 0 Å². The van der Waals surface area contributed by atoms with Crippen LogP contribution in [0.25, 0.3) is 0 Å². The Balaban J connectivity index is 1.52. The molecule has 0 aromatic carbocycles. The van der Waals surface area contributed by atoms with Crippen LogP contribution < -0.4 is 0 Å². The van der Waals surface area contributed by atoms with E-state index in [-0.39, 0.29) is 30.3 Å². The predicted molar refractivity (Wildman–Crippen MR) is 138 cm³/mol. The van der Waals surface area contributed by atoms with Gasteiger partial charge >= 0.3 is 5.97 Å². The molecular formula is C32H46O3. The summed E-state index contributed by atoms with van der Waals surface area (Å²) in [6.07, 6.45) is 7.08. The first-order chi connectivity index (χ1) is 18.4. The van der Waals surface area contributed by atoms with Gasteiger partial charge in [-0.1, -0.05) is 65.8 Å². The Hall–Kier alpha value is -1.38. The van der Waals surface area contributed by atoms with Crippen molar-refractivity contribution in [1.82, 2.24) is 0 Å². The van der Waals surface area contributed by atoms with Gasteiger partial charge in [0, 0.05) is 36.3 Å². The van der Waals surface area contributed by atoms with Gasteiger partial charge in [0.05, 0.1) is 12.5 Å². The van der Waals surface area contributed by atoms with Gasteiger partial charge in [-0.05, 0) is 78.4 Å². The number of cyclic esters (lactones) is 1. The summed E-state index contributed by atoms with van der Waals surface area (Å²) in [6, 6.07) is 0. The molecule has 0 aromatic rings. The van der Waals surface area contributed by atoms with Crippen LogP contribution in [0.5, 0.6) is 0 Å². The maximum atomic E-state index is 13.7. The Bertz CT molecular complexity index is 1210. The Labute approximate surface area is 219 Å². The minimum absolute atomic E-state index is 0.0333. The van der Waals surface area contributed by atoms with Crippen molar-refractivity contribution in [2.75, 3.05) is 6.61 Å². The van der Waals surface area contributed by atoms with Crippen LogP contribution in [-0.2, 0) is 14.3 Å². The predicted octanol–water partition coefficient (Wildman–Crippen LogP) is 7.02. The largest absolute Gasteiger partial charge is 0.465 e. The minimum atomic E-state index is -2.71. The monoisotopic (exact) mass is 483 g/mol. The van der Waals surface area contributed by atoms with E-state index in [0.717, 1.165) is 25.7 Å². The van der Waals surface area contributed by atoms with Crippen molar-refractivity contribution in [3.63, 3.8) is 0 Å². The van der Waals surface area contributed by atoms with Gasteiger partial charge in [-0.25, -0.2) is 0 Å². The number of hydrogen-bond acceptors (Lipinski definition) is 3. The first kappa shape index (κ1) is 18.8. The number of esters is 1. The number of ether oxygens (including phenoxy) is 1. The summed E-state index contributed by atoms with van der Waals surface area (Å²) >= 11 is 0. The Kier molecular flexibility index (Phi) is 4.07. The van der Waals surface area contributed by atoms with Crippen molar-refractivity contribution in [2.24, 2.45) is 69.0 Å². The highest BCUT2D eigenvalue weighted by Crippen LogP contribution is 2.81. The lowest BCUT2D eigenvalue weighted by Crippen LogP contribution is -2.71. The quantitative estimate of drug-likeness (QED) is 0.319. The second kappa shape index (κ2) is 7.57. The van der Waals surface area contributed by atoms with Gasteiger partial charge in [0.15, 0.2) is 0 Å². The van der Waals surface area contributed by atoms with Crippen LogP contribution in [0.2, 0.25) is 0 Å². The second-order valence-corrected chi connectivity index (χ2v) is 13.6. The summed E-state index contributed by atoms with van der Waals surface area (Å²) in [5.74, 6) is -2.47. The van der Waals surface area contributed by atoms with Crippen LogP contribution in [0, 0.1) is 69.0 Å². The SMILES string of the molecule is [2H]C1([2H])C[C@]2(C)[C@H]3CC[C@@]4(C)C(CC[C@@H]4[C@H](C)/C=C/[C@H](C)C(C)C)[C@@]34C=C[C@]2(C([2H])([2H])C1=O)[C@]1([2H])C(=O)OC[C@H]41. The number of Topliss-reactive ketones (excluding diaryl/α,β-unsaturated/α-hetero) is 1. The van der Waals surface area contributed by atoms with Crippen LogP contribution in [0.1, 0.15) is 93.2 Å². The molecule has 1 heterocycles. The Morgan fingerprint density at radius 3 is 2.57 bits per heavy atom. The number of hydrogen-bond donors (Lipinski definition) is 0. The lowest BCUT2D eigenvalue weighted by atomic mass is 9.28. The van der Waals surface area contributed by atoms with Gasteiger partial charge in [-0.2, -0.15) is 0 Å². The number of carbonyl (C=O) groups is 2. The molecule has 1 unspecified atom stereocenters. The van der Waals surface area contributed by atoms with Crippen molar-refractivity contribution in [1.29, 1.82) is 0 Å². The van der Waals surface area contributed by atoms with Crippen molar-refractivity contribution >= 4 is 11.8 Å². The topological polar surface area (TPSA) is 43.4 Å². The van der Waals surface area contributed by atoms with E-state index in [4.69, 9.17) is 10.2 Å². The second-order valence-electron chi connectivity index (χ2n) is 13.6. The van der Waals surface area contributed by atoms with E-state index >= 15 is 0 Å². The molecule has 1 saturated heterocycles. The lowest BCUT2D eigenvalue weighted by molar-refractivity contribution is -0.231. The number of carbonyl (C=O) groups excluding carboxylic acids is 2. The molecule has 2 spiro atoms. The maximum Gasteiger partial charge on any atom is 0.310 e. The molecule has 0 amide bonds. The molecule has 0 radical (unpaired) electrons. The molecule has 3 nitrogen and oxygen atoms in total. The van der Waals surface area contributed by atoms with Gasteiger partial charge in [0.1, 0.15) is 5.78 Å². The first-order valence-corrected chi connectivity index (χ1v) is 14.0. The molecule has 11 atom stereocenters. The van der Waals surface area contributed by atoms with Gasteiger partial charge in [-0.15, -0.1) is 0 Å². The normalized spacial score (nSPS) is 58.8. The lowest BCUT2D eigenvalue weighted by Gasteiger charge is -2.74. The van der Waals surface area contributed by atoms with Crippen LogP contribution in [-0.4, -0.2) is 18.4 Å². The van der Waals surface area contributed by atoms with E-state index in [0.29, 0.717) is 23.7 Å². The Morgan fingerprint density at radius 1 is 1.06 bits per heavy atom. The molecule has 5 fully saturated rings. The zero-order valence-corrected chi connectivity index (χ0v) is 22.3. The molecule has 3 heteroatoms. The summed E-state index contributed by atoms with van der Waals surface area (Å²) in [6.45, 7) is 13.4. The highest BCUT2D eigenvalue weighted by atomic mass is 16.5. The smallest absolute Gasteiger partial charge is 0.310 e. The van der Waals surface area contributed by atoms with E-state index in [1.165, 1.54) is 0 Å². The highest BCUT2D eigenvalue weighted by molar-refractivity contribution is 5.85. The molecule has 35 heavy (non-hydrogen) atoms. The average molecular weight is 484 g/mol. The van der Waals surface area contributed by atoms with Gasteiger partial charge in [0.25, 0.3) is 0 Å². The minimum Gasteiger partial charge on any atom is -0.465 e. The summed E-state index contributed by atoms with van der Waals surface area (Å²) in [7, 11) is 0. The van der Waals surface area contributed by atoms with Gasteiger partial charge in [-0.3, -0.25) is 9.59 Å². The zero-order chi connectivity index (χ0) is 29.5. The maximum absolute atomic E-state index is 13.7. The summed E-state index contributed by atoms with van der Waals surface area (Å²) in [5, 5.41) is 0. The first-order valence-electron chi connectivity index (χ1n) is 16.5. The number of rotatable bonds is 4. The van der Waals surface area contributed by atoms with Gasteiger partial charge < -0.3 is 4.74 Å². The molecule has 7 aliphatic rings. The van der Waals surface area contributed by atoms with E-state index in [2.05, 4.69) is 52.8 Å². The number of fused-ring (bicyclic) bond motifs is 1. The standard InChI is InChI=1S/C32H46O3/c1-19(2)20(3)7-8-21(4)23-9-10-25-29(23,5)13-12-26-30(6)14-11-22(33)17-31(30)15-16-32(25,26)24-18-35-28(34)27(24)31/h7-8,15-16,19-21,23-27H,9-14,17-18H2,1-6H3/b8-7+/t20-,21+,23+,24-,25?,26+,27-,29+,30+,31-,32-/m0/s1/i11D2,17D2,27D. The molecular weight excluding hydrogens is 432 g/mol. The fourth-order valence-corrected chi connectivity index (χ4v) is 10.1. The molecule has 7 rings (SSSR count). The van der Waals surface area contributed by atoms with E-state index in [1.54, 1.807) is 6.08 Å². The molecule has 4 saturated carbocycles. The molecule has 1 aliphatic heterocycles. The molecule has 2 bridgehead atoms. The average Bonchev–Trinajstić information content (AvgIpc) is 3.38. The van der Waals surface area contributed by atoms with Crippen LogP contribution >= 0.6 is 0 Å². The zero-order valence-electron chi connectivity index (χ0n) is 27.3.